The molecule has 5 nitrogen and oxygen atoms in total. The molecule has 0 bridgehead atoms. The van der Waals surface area contributed by atoms with E-state index in [9.17, 15) is 4.39 Å². The molecule has 6 heteroatoms. The van der Waals surface area contributed by atoms with Crippen LogP contribution >= 0.6 is 0 Å². The minimum Gasteiger partial charge on any atom is -0.396 e. The third kappa shape index (κ3) is 6.00. The van der Waals surface area contributed by atoms with Gasteiger partial charge >= 0.3 is 0 Å². The molecule has 1 saturated heterocycles. The van der Waals surface area contributed by atoms with E-state index >= 15 is 0 Å². The van der Waals surface area contributed by atoms with Gasteiger partial charge in [0.1, 0.15) is 5.82 Å². The first-order valence-electron chi connectivity index (χ1n) is 11.5. The second kappa shape index (κ2) is 9.94. The summed E-state index contributed by atoms with van der Waals surface area (Å²) < 4.78 is 14.4. The lowest BCUT2D eigenvalue weighted by Crippen LogP contribution is -2.65. The molecule has 0 unspecified atom stereocenters. The van der Waals surface area contributed by atoms with Crippen molar-refractivity contribution in [3.63, 3.8) is 0 Å². The minimum absolute atomic E-state index is 0.0443. The summed E-state index contributed by atoms with van der Waals surface area (Å²) >= 11 is 0. The molecule has 180 valence electrons. The highest BCUT2D eigenvalue weighted by Crippen LogP contribution is 2.29. The molecule has 2 aromatic rings. The predicted octanol–water partition coefficient (Wildman–Crippen LogP) is 5.54. The van der Waals surface area contributed by atoms with E-state index in [1.807, 2.05) is 19.1 Å². The number of rotatable bonds is 6. The van der Waals surface area contributed by atoms with Gasteiger partial charge in [-0.25, -0.2) is 4.39 Å². The van der Waals surface area contributed by atoms with E-state index in [0.717, 1.165) is 35.5 Å². The van der Waals surface area contributed by atoms with Gasteiger partial charge in [-0.1, -0.05) is 18.7 Å². The van der Waals surface area contributed by atoms with Crippen LogP contribution in [-0.4, -0.2) is 47.3 Å². The molecule has 0 atom stereocenters. The number of halogens is 1. The number of nitrogens with zero attached hydrogens (tertiary/aromatic N) is 3. The monoisotopic (exact) mass is 461 g/mol. The van der Waals surface area contributed by atoms with E-state index in [-0.39, 0.29) is 16.8 Å². The lowest BCUT2D eigenvalue weighted by molar-refractivity contribution is 0.114. The van der Waals surface area contributed by atoms with Crippen LogP contribution in [0.4, 0.5) is 10.1 Å². The Morgan fingerprint density at radius 3 is 2.41 bits per heavy atom. The normalized spacial score (nSPS) is 18.1. The van der Waals surface area contributed by atoms with Gasteiger partial charge in [0, 0.05) is 60.3 Å². The quantitative estimate of drug-likeness (QED) is 0.337. The van der Waals surface area contributed by atoms with Gasteiger partial charge in [-0.05, 0) is 76.2 Å². The fourth-order valence-electron chi connectivity index (χ4n) is 4.74. The number of aliphatic imine (C=N–C) groups is 1. The predicted molar refractivity (Wildman–Crippen MR) is 143 cm³/mol. The van der Waals surface area contributed by atoms with Crippen molar-refractivity contribution in [3.8, 4) is 11.1 Å². The number of allylic oxidation sites excluding steroid dienone is 3. The Hall–Kier alpha value is -3.25. The summed E-state index contributed by atoms with van der Waals surface area (Å²) in [7, 11) is 1.63. The Kier molecular flexibility index (Phi) is 7.41. The molecule has 3 N–H and O–H groups in total. The largest absolute Gasteiger partial charge is 0.396 e. The Morgan fingerprint density at radius 2 is 1.79 bits per heavy atom. The van der Waals surface area contributed by atoms with Crippen LogP contribution in [-0.2, 0) is 0 Å². The molecule has 1 aromatic heterocycles. The topological polar surface area (TPSA) is 66.5 Å². The molecule has 1 aliphatic rings. The Balaban J connectivity index is 1.87. The smallest absolute Gasteiger partial charge is 0.147 e. The maximum absolute atomic E-state index is 14.4. The Morgan fingerprint density at radius 1 is 1.15 bits per heavy atom. The summed E-state index contributed by atoms with van der Waals surface area (Å²) in [6, 6.07) is 5.21. The van der Waals surface area contributed by atoms with Crippen LogP contribution in [0.5, 0.6) is 0 Å². The highest BCUT2D eigenvalue weighted by Gasteiger charge is 2.35. The molecule has 0 saturated carbocycles. The zero-order chi connectivity index (χ0) is 25.1. The van der Waals surface area contributed by atoms with Crippen LogP contribution in [0.25, 0.3) is 22.8 Å². The number of anilines is 1. The highest BCUT2D eigenvalue weighted by atomic mass is 19.1. The SMILES string of the molecule is C=Cc1cc(-c2cc(F)c(N)c(C=NC)c2)cnc1/C(C)=C/C=CN1CC(C)(C)NC(C)(C)C1. The zero-order valence-corrected chi connectivity index (χ0v) is 21.1. The lowest BCUT2D eigenvalue weighted by atomic mass is 9.92. The summed E-state index contributed by atoms with van der Waals surface area (Å²) in [5.74, 6) is -0.475. The van der Waals surface area contributed by atoms with E-state index in [2.05, 4.69) is 72.8 Å². The van der Waals surface area contributed by atoms with E-state index in [4.69, 9.17) is 5.73 Å². The van der Waals surface area contributed by atoms with E-state index < -0.39 is 5.82 Å². The second-order valence-corrected chi connectivity index (χ2v) is 10.2. The molecule has 0 radical (unpaired) electrons. The van der Waals surface area contributed by atoms with Crippen molar-refractivity contribution < 1.29 is 4.39 Å². The molecule has 1 aromatic carbocycles. The molecular formula is C28H36FN5. The van der Waals surface area contributed by atoms with Gasteiger partial charge < -0.3 is 16.0 Å². The van der Waals surface area contributed by atoms with E-state index in [0.29, 0.717) is 11.1 Å². The highest BCUT2D eigenvalue weighted by molar-refractivity contribution is 5.90. The van der Waals surface area contributed by atoms with Crippen LogP contribution in [0.15, 0.2) is 54.3 Å². The van der Waals surface area contributed by atoms with Crippen LogP contribution in [0, 0.1) is 5.82 Å². The van der Waals surface area contributed by atoms with Gasteiger partial charge in [0.25, 0.3) is 0 Å². The zero-order valence-electron chi connectivity index (χ0n) is 21.1. The van der Waals surface area contributed by atoms with Crippen LogP contribution in [0.3, 0.4) is 0 Å². The number of nitrogen functional groups attached to an aromatic ring is 1. The van der Waals surface area contributed by atoms with Crippen LogP contribution in [0.2, 0.25) is 0 Å². The van der Waals surface area contributed by atoms with Crippen molar-refractivity contribution in [3.05, 3.63) is 72.0 Å². The molecule has 2 heterocycles. The molecule has 0 spiro atoms. The number of piperazine rings is 1. The Bertz CT molecular complexity index is 1140. The molecule has 0 amide bonds. The van der Waals surface area contributed by atoms with E-state index in [1.165, 1.54) is 6.07 Å². The third-order valence-electron chi connectivity index (χ3n) is 5.79. The fraction of sp³-hybridized carbons (Fsp3) is 0.357. The number of aromatic nitrogens is 1. The second-order valence-electron chi connectivity index (χ2n) is 10.2. The summed E-state index contributed by atoms with van der Waals surface area (Å²) in [6.45, 7) is 16.8. The van der Waals surface area contributed by atoms with Crippen molar-refractivity contribution in [2.45, 2.75) is 45.7 Å². The average Bonchev–Trinajstić information content (AvgIpc) is 2.74. The van der Waals surface area contributed by atoms with Crippen molar-refractivity contribution >= 4 is 23.6 Å². The van der Waals surface area contributed by atoms with Crippen LogP contribution < -0.4 is 11.1 Å². The van der Waals surface area contributed by atoms with Gasteiger partial charge in [0.2, 0.25) is 0 Å². The summed E-state index contributed by atoms with van der Waals surface area (Å²) in [5, 5.41) is 3.69. The number of nitrogens with one attached hydrogen (secondary N) is 1. The fourth-order valence-corrected chi connectivity index (χ4v) is 4.74. The number of pyridine rings is 1. The molecule has 1 aliphatic heterocycles. The summed E-state index contributed by atoms with van der Waals surface area (Å²) in [6.07, 6.45) is 11.4. The van der Waals surface area contributed by atoms with Gasteiger partial charge in [-0.2, -0.15) is 0 Å². The van der Waals surface area contributed by atoms with Crippen molar-refractivity contribution in [2.75, 3.05) is 25.9 Å². The van der Waals surface area contributed by atoms with Crippen molar-refractivity contribution in [1.82, 2.24) is 15.2 Å². The van der Waals surface area contributed by atoms with Crippen LogP contribution in [0.1, 0.15) is 51.4 Å². The molecule has 3 rings (SSSR count). The first-order chi connectivity index (χ1) is 15.9. The maximum Gasteiger partial charge on any atom is 0.147 e. The first kappa shape index (κ1) is 25.4. The minimum atomic E-state index is -0.475. The number of hydrogen-bond acceptors (Lipinski definition) is 5. The average molecular weight is 462 g/mol. The molecular weight excluding hydrogens is 425 g/mol. The number of benzene rings is 1. The number of hydrogen-bond donors (Lipinski definition) is 2. The maximum atomic E-state index is 14.4. The van der Waals surface area contributed by atoms with Gasteiger partial charge in [0.05, 0.1) is 11.4 Å². The molecule has 34 heavy (non-hydrogen) atoms. The van der Waals surface area contributed by atoms with Gasteiger partial charge in [0.15, 0.2) is 0 Å². The van der Waals surface area contributed by atoms with E-state index in [1.54, 1.807) is 25.5 Å². The molecule has 0 aliphatic carbocycles. The number of nitrogens with two attached hydrogens (primary N) is 1. The van der Waals surface area contributed by atoms with Gasteiger partial charge in [-0.15, -0.1) is 0 Å². The first-order valence-corrected chi connectivity index (χ1v) is 11.5. The standard InChI is InChI=1S/C28H36FN5/c1-8-20-12-22(21-13-23(15-31-7)25(30)24(29)14-21)16-32-26(20)19(2)10-9-11-34-17-27(3,4)33-28(5,6)18-34/h8-16,33H,1,17-18,30H2,2-7H3/b11-9?,19-10+,31-15?. The summed E-state index contributed by atoms with van der Waals surface area (Å²) in [5.41, 5.74) is 10.8. The third-order valence-corrected chi connectivity index (χ3v) is 5.79. The van der Waals surface area contributed by atoms with Crippen molar-refractivity contribution in [2.24, 2.45) is 4.99 Å². The Labute approximate surface area is 203 Å². The van der Waals surface area contributed by atoms with Gasteiger partial charge in [-0.3, -0.25) is 9.98 Å². The van der Waals surface area contributed by atoms with Crippen molar-refractivity contribution in [1.29, 1.82) is 0 Å². The summed E-state index contributed by atoms with van der Waals surface area (Å²) in [4.78, 5) is 11.0. The lowest BCUT2D eigenvalue weighted by Gasteiger charge is -2.48. The molecule has 1 fully saturated rings.